The van der Waals surface area contributed by atoms with Crippen molar-refractivity contribution in [3.05, 3.63) is 0 Å². The number of sulfone groups is 1. The largest absolute Gasteiger partial charge is 0.389 e. The molecule has 1 saturated heterocycles. The van der Waals surface area contributed by atoms with Crippen LogP contribution in [-0.4, -0.2) is 70.1 Å². The van der Waals surface area contributed by atoms with Crippen molar-refractivity contribution in [1.82, 2.24) is 5.32 Å². The molecule has 0 bridgehead atoms. The molecule has 2 N–H and O–H groups in total. The molecule has 6 nitrogen and oxygen atoms in total. The molecule has 2 unspecified atom stereocenters. The minimum absolute atomic E-state index is 0.0422. The zero-order valence-electron chi connectivity index (χ0n) is 11.7. The summed E-state index contributed by atoms with van der Waals surface area (Å²) in [6.07, 6.45) is 0.615. The molecule has 1 fully saturated rings. The van der Waals surface area contributed by atoms with Gasteiger partial charge in [-0.15, -0.1) is 0 Å². The fraction of sp³-hybridized carbons (Fsp3) is 1.00. The van der Waals surface area contributed by atoms with Gasteiger partial charge < -0.3 is 19.9 Å². The van der Waals surface area contributed by atoms with Crippen LogP contribution in [0.15, 0.2) is 0 Å². The number of ether oxygens (including phenoxy) is 2. The monoisotopic (exact) mass is 295 g/mol. The molecule has 1 aliphatic heterocycles. The summed E-state index contributed by atoms with van der Waals surface area (Å²) in [6, 6.07) is 0.176. The van der Waals surface area contributed by atoms with Crippen LogP contribution in [0.2, 0.25) is 0 Å². The Balaban J connectivity index is 2.12. The van der Waals surface area contributed by atoms with Gasteiger partial charge in [-0.05, 0) is 19.8 Å². The van der Waals surface area contributed by atoms with Gasteiger partial charge in [-0.3, -0.25) is 0 Å². The maximum absolute atomic E-state index is 11.3. The Morgan fingerprint density at radius 1 is 1.32 bits per heavy atom. The first-order valence-electron chi connectivity index (χ1n) is 6.65. The molecule has 1 aliphatic rings. The maximum atomic E-state index is 11.3. The molecule has 19 heavy (non-hydrogen) atoms. The summed E-state index contributed by atoms with van der Waals surface area (Å²) in [5.41, 5.74) is 0. The first-order chi connectivity index (χ1) is 8.93. The quantitative estimate of drug-likeness (QED) is 0.632. The lowest BCUT2D eigenvalue weighted by atomic mass is 10.1. The summed E-state index contributed by atoms with van der Waals surface area (Å²) in [6.45, 7) is 3.06. The molecule has 0 aliphatic carbocycles. The van der Waals surface area contributed by atoms with Gasteiger partial charge in [0.05, 0.1) is 36.9 Å². The minimum atomic E-state index is -2.82. The summed E-state index contributed by atoms with van der Waals surface area (Å²) in [7, 11) is -1.22. The number of methoxy groups -OCH3 is 1. The van der Waals surface area contributed by atoms with Crippen LogP contribution in [0, 0.1) is 0 Å². The lowest BCUT2D eigenvalue weighted by Crippen LogP contribution is -2.42. The molecule has 0 radical (unpaired) electrons. The van der Waals surface area contributed by atoms with E-state index in [0.717, 1.165) is 0 Å². The molecule has 0 amide bonds. The van der Waals surface area contributed by atoms with Gasteiger partial charge in [0.15, 0.2) is 0 Å². The Labute approximate surface area is 115 Å². The highest BCUT2D eigenvalue weighted by Gasteiger charge is 2.23. The highest BCUT2D eigenvalue weighted by atomic mass is 32.2. The molecule has 0 aromatic heterocycles. The molecular weight excluding hydrogens is 270 g/mol. The van der Waals surface area contributed by atoms with E-state index in [1.807, 2.05) is 6.92 Å². The molecule has 7 heteroatoms. The lowest BCUT2D eigenvalue weighted by molar-refractivity contribution is -0.0316. The zero-order chi connectivity index (χ0) is 14.3. The molecule has 0 aromatic carbocycles. The number of aliphatic hydroxyl groups is 1. The van der Waals surface area contributed by atoms with Crippen molar-refractivity contribution in [2.75, 3.05) is 38.4 Å². The normalized spacial score (nSPS) is 23.1. The Morgan fingerprint density at radius 2 is 1.95 bits per heavy atom. The van der Waals surface area contributed by atoms with E-state index in [-0.39, 0.29) is 30.3 Å². The van der Waals surface area contributed by atoms with Gasteiger partial charge in [0.1, 0.15) is 9.84 Å². The lowest BCUT2D eigenvalue weighted by Gasteiger charge is -2.24. The van der Waals surface area contributed by atoms with Gasteiger partial charge >= 0.3 is 0 Å². The molecule has 1 rings (SSSR count). The van der Waals surface area contributed by atoms with Crippen molar-refractivity contribution in [2.45, 2.75) is 38.0 Å². The van der Waals surface area contributed by atoms with Crippen molar-refractivity contribution in [3.8, 4) is 0 Å². The summed E-state index contributed by atoms with van der Waals surface area (Å²) in [4.78, 5) is 0. The van der Waals surface area contributed by atoms with Crippen LogP contribution in [0.3, 0.4) is 0 Å². The van der Waals surface area contributed by atoms with E-state index in [4.69, 9.17) is 9.47 Å². The van der Waals surface area contributed by atoms with Crippen LogP contribution in [0.5, 0.6) is 0 Å². The van der Waals surface area contributed by atoms with E-state index < -0.39 is 15.9 Å². The van der Waals surface area contributed by atoms with Crippen molar-refractivity contribution in [3.63, 3.8) is 0 Å². The molecule has 1 heterocycles. The topological polar surface area (TPSA) is 84.9 Å². The number of hydrogen-bond acceptors (Lipinski definition) is 6. The second kappa shape index (κ2) is 8.16. The number of nitrogens with one attached hydrogen (secondary N) is 1. The predicted molar refractivity (Wildman–Crippen MR) is 73.0 cm³/mol. The maximum Gasteiger partial charge on any atom is 0.150 e. The molecule has 0 spiro atoms. The molecule has 0 aromatic rings. The number of hydrogen-bond donors (Lipinski definition) is 2. The SMILES string of the molecule is COCC(C)OCC(O)CNC1CCS(=O)(=O)CC1. The third-order valence-corrected chi connectivity index (χ3v) is 4.89. The first kappa shape index (κ1) is 16.8. The smallest absolute Gasteiger partial charge is 0.150 e. The summed E-state index contributed by atoms with van der Waals surface area (Å²) < 4.78 is 32.9. The van der Waals surface area contributed by atoms with Gasteiger partial charge in [-0.1, -0.05) is 0 Å². The van der Waals surface area contributed by atoms with Crippen LogP contribution in [0.25, 0.3) is 0 Å². The standard InChI is InChI=1S/C12H25NO5S/c1-10(8-17-2)18-9-12(14)7-13-11-3-5-19(15,16)6-4-11/h10-14H,3-9H2,1-2H3. The van der Waals surface area contributed by atoms with E-state index in [1.165, 1.54) is 0 Å². The Kier molecular flexibility index (Phi) is 7.23. The van der Waals surface area contributed by atoms with Crippen molar-refractivity contribution in [1.29, 1.82) is 0 Å². The third kappa shape index (κ3) is 7.22. The molecule has 0 saturated carbocycles. The van der Waals surface area contributed by atoms with Gasteiger partial charge in [0.2, 0.25) is 0 Å². The van der Waals surface area contributed by atoms with E-state index in [1.54, 1.807) is 7.11 Å². The van der Waals surface area contributed by atoms with Crippen molar-refractivity contribution >= 4 is 9.84 Å². The molecule has 2 atom stereocenters. The first-order valence-corrected chi connectivity index (χ1v) is 8.47. The van der Waals surface area contributed by atoms with E-state index in [0.29, 0.717) is 26.0 Å². The molecule has 114 valence electrons. The second-order valence-corrected chi connectivity index (χ2v) is 7.39. The van der Waals surface area contributed by atoms with E-state index in [2.05, 4.69) is 5.32 Å². The van der Waals surface area contributed by atoms with Crippen LogP contribution in [0.1, 0.15) is 19.8 Å². The van der Waals surface area contributed by atoms with Gasteiger partial charge in [-0.2, -0.15) is 0 Å². The van der Waals surface area contributed by atoms with Gasteiger partial charge in [0, 0.05) is 19.7 Å². The van der Waals surface area contributed by atoms with E-state index >= 15 is 0 Å². The Morgan fingerprint density at radius 3 is 2.53 bits per heavy atom. The highest BCUT2D eigenvalue weighted by molar-refractivity contribution is 7.91. The third-order valence-electron chi connectivity index (χ3n) is 3.17. The van der Waals surface area contributed by atoms with Gasteiger partial charge in [0.25, 0.3) is 0 Å². The van der Waals surface area contributed by atoms with Crippen molar-refractivity contribution in [2.24, 2.45) is 0 Å². The fourth-order valence-corrected chi connectivity index (χ4v) is 3.51. The summed E-state index contributed by atoms with van der Waals surface area (Å²) >= 11 is 0. The van der Waals surface area contributed by atoms with Crippen LogP contribution in [0.4, 0.5) is 0 Å². The second-order valence-electron chi connectivity index (χ2n) is 5.09. The van der Waals surface area contributed by atoms with Crippen LogP contribution in [-0.2, 0) is 19.3 Å². The zero-order valence-corrected chi connectivity index (χ0v) is 12.5. The van der Waals surface area contributed by atoms with E-state index in [9.17, 15) is 13.5 Å². The fourth-order valence-electron chi connectivity index (χ4n) is 2.01. The average molecular weight is 295 g/mol. The average Bonchev–Trinajstić information content (AvgIpc) is 2.35. The van der Waals surface area contributed by atoms with Crippen molar-refractivity contribution < 1.29 is 23.0 Å². The van der Waals surface area contributed by atoms with Crippen LogP contribution < -0.4 is 5.32 Å². The summed E-state index contributed by atoms with van der Waals surface area (Å²) in [5, 5.41) is 12.9. The van der Waals surface area contributed by atoms with Crippen LogP contribution >= 0.6 is 0 Å². The summed E-state index contributed by atoms with van der Waals surface area (Å²) in [5.74, 6) is 0.476. The number of aliphatic hydroxyl groups excluding tert-OH is 1. The highest BCUT2D eigenvalue weighted by Crippen LogP contribution is 2.11. The number of rotatable bonds is 8. The molecular formula is C12H25NO5S. The Bertz CT molecular complexity index is 332. The minimum Gasteiger partial charge on any atom is -0.389 e. The predicted octanol–water partition coefficient (Wildman–Crippen LogP) is -0.434. The van der Waals surface area contributed by atoms with Gasteiger partial charge in [-0.25, -0.2) is 8.42 Å². The Hall–Kier alpha value is -0.210.